The summed E-state index contributed by atoms with van der Waals surface area (Å²) in [6.45, 7) is 6.85. The van der Waals surface area contributed by atoms with E-state index >= 15 is 0 Å². The van der Waals surface area contributed by atoms with E-state index in [9.17, 15) is 4.79 Å². The molecule has 144 valence electrons. The Morgan fingerprint density at radius 1 is 1.19 bits per heavy atom. The smallest absolute Gasteiger partial charge is 0.255 e. The van der Waals surface area contributed by atoms with Crippen LogP contribution in [0.5, 0.6) is 11.5 Å². The molecule has 1 fully saturated rings. The quantitative estimate of drug-likeness (QED) is 0.800. The number of nitrogens with zero attached hydrogens (tertiary/aromatic N) is 2. The summed E-state index contributed by atoms with van der Waals surface area (Å²) in [6.07, 6.45) is 4.11. The van der Waals surface area contributed by atoms with Crippen LogP contribution in [0.25, 0.3) is 0 Å². The number of carbonyl (C=O) groups excluding carboxylic acids is 1. The van der Waals surface area contributed by atoms with Gasteiger partial charge in [0.1, 0.15) is 5.82 Å². The molecule has 1 aliphatic heterocycles. The van der Waals surface area contributed by atoms with Crippen molar-refractivity contribution in [3.05, 3.63) is 42.1 Å². The molecule has 0 atom stereocenters. The third-order valence-electron chi connectivity index (χ3n) is 4.43. The average Bonchev–Trinajstić information content (AvgIpc) is 3.21. The SMILES string of the molecule is COc1cc(C(=O)Nc2ccc(N3CCCC3)nc2)ccc1OCC(C)C. The largest absolute Gasteiger partial charge is 0.493 e. The van der Waals surface area contributed by atoms with Gasteiger partial charge < -0.3 is 19.7 Å². The predicted molar refractivity (Wildman–Crippen MR) is 107 cm³/mol. The van der Waals surface area contributed by atoms with Crippen molar-refractivity contribution in [1.29, 1.82) is 0 Å². The Bertz CT molecular complexity index is 769. The number of rotatable bonds is 7. The Kier molecular flexibility index (Phi) is 6.16. The second-order valence-electron chi connectivity index (χ2n) is 7.12. The van der Waals surface area contributed by atoms with Crippen molar-refractivity contribution in [2.45, 2.75) is 26.7 Å². The summed E-state index contributed by atoms with van der Waals surface area (Å²) in [4.78, 5) is 19.3. The van der Waals surface area contributed by atoms with Gasteiger partial charge >= 0.3 is 0 Å². The first-order valence-corrected chi connectivity index (χ1v) is 9.40. The number of nitrogens with one attached hydrogen (secondary N) is 1. The number of anilines is 2. The third kappa shape index (κ3) is 4.90. The number of aromatic nitrogens is 1. The Morgan fingerprint density at radius 2 is 1.96 bits per heavy atom. The van der Waals surface area contributed by atoms with Crippen molar-refractivity contribution in [1.82, 2.24) is 4.98 Å². The fourth-order valence-corrected chi connectivity index (χ4v) is 2.98. The van der Waals surface area contributed by atoms with Crippen molar-refractivity contribution in [3.8, 4) is 11.5 Å². The highest BCUT2D eigenvalue weighted by Gasteiger charge is 2.15. The molecule has 0 radical (unpaired) electrons. The van der Waals surface area contributed by atoms with Gasteiger partial charge in [0.2, 0.25) is 0 Å². The molecule has 0 saturated carbocycles. The van der Waals surface area contributed by atoms with Crippen LogP contribution in [0.4, 0.5) is 11.5 Å². The van der Waals surface area contributed by atoms with Crippen LogP contribution >= 0.6 is 0 Å². The van der Waals surface area contributed by atoms with Crippen molar-refractivity contribution in [3.63, 3.8) is 0 Å². The zero-order valence-corrected chi connectivity index (χ0v) is 16.2. The zero-order chi connectivity index (χ0) is 19.2. The minimum atomic E-state index is -0.209. The molecule has 1 aliphatic rings. The molecule has 3 rings (SSSR count). The summed E-state index contributed by atoms with van der Waals surface area (Å²) in [6, 6.07) is 9.03. The number of carbonyl (C=O) groups is 1. The molecule has 0 aliphatic carbocycles. The van der Waals surface area contributed by atoms with Crippen LogP contribution in [0.15, 0.2) is 36.5 Å². The molecular weight excluding hydrogens is 342 g/mol. The Labute approximate surface area is 160 Å². The Morgan fingerprint density at radius 3 is 2.59 bits per heavy atom. The van der Waals surface area contributed by atoms with Crippen LogP contribution in [0.1, 0.15) is 37.0 Å². The van der Waals surface area contributed by atoms with E-state index in [1.54, 1.807) is 31.5 Å². The Balaban J connectivity index is 1.66. The fraction of sp³-hybridized carbons (Fsp3) is 0.429. The van der Waals surface area contributed by atoms with Gasteiger partial charge in [-0.2, -0.15) is 0 Å². The van der Waals surface area contributed by atoms with Crippen molar-refractivity contribution in [2.24, 2.45) is 5.92 Å². The normalized spacial score (nSPS) is 13.7. The van der Waals surface area contributed by atoms with Gasteiger partial charge in [0, 0.05) is 18.7 Å². The molecule has 6 nitrogen and oxygen atoms in total. The van der Waals surface area contributed by atoms with Gasteiger partial charge in [-0.25, -0.2) is 4.98 Å². The molecule has 1 saturated heterocycles. The van der Waals surface area contributed by atoms with E-state index in [0.717, 1.165) is 18.9 Å². The lowest BCUT2D eigenvalue weighted by Crippen LogP contribution is -2.19. The topological polar surface area (TPSA) is 63.7 Å². The number of methoxy groups -OCH3 is 1. The maximum Gasteiger partial charge on any atom is 0.255 e. The van der Waals surface area contributed by atoms with Crippen molar-refractivity contribution in [2.75, 3.05) is 37.0 Å². The third-order valence-corrected chi connectivity index (χ3v) is 4.43. The number of ether oxygens (including phenoxy) is 2. The van der Waals surface area contributed by atoms with Gasteiger partial charge in [0.05, 0.1) is 25.6 Å². The summed E-state index contributed by atoms with van der Waals surface area (Å²) < 4.78 is 11.1. The van der Waals surface area contributed by atoms with Crippen LogP contribution in [-0.2, 0) is 0 Å². The molecule has 1 amide bonds. The summed E-state index contributed by atoms with van der Waals surface area (Å²) in [7, 11) is 1.57. The molecule has 1 aromatic carbocycles. The van der Waals surface area contributed by atoms with Gasteiger partial charge in [-0.1, -0.05) is 13.8 Å². The standard InChI is InChI=1S/C21H27N3O3/c1-15(2)14-27-18-8-6-16(12-19(18)26-3)21(25)23-17-7-9-20(22-13-17)24-10-4-5-11-24/h6-9,12-13,15H,4-5,10-11,14H2,1-3H3,(H,23,25). The molecule has 0 unspecified atom stereocenters. The van der Waals surface area contributed by atoms with Gasteiger partial charge in [0.25, 0.3) is 5.91 Å². The van der Waals surface area contributed by atoms with Crippen LogP contribution < -0.4 is 19.7 Å². The van der Waals surface area contributed by atoms with Crippen LogP contribution in [0.3, 0.4) is 0 Å². The van der Waals surface area contributed by atoms with E-state index in [4.69, 9.17) is 9.47 Å². The minimum absolute atomic E-state index is 0.209. The molecule has 2 aromatic rings. The maximum absolute atomic E-state index is 12.6. The first kappa shape index (κ1) is 19.0. The Hall–Kier alpha value is -2.76. The van der Waals surface area contributed by atoms with Crippen LogP contribution in [-0.4, -0.2) is 37.7 Å². The van der Waals surface area contributed by atoms with E-state index in [-0.39, 0.29) is 5.91 Å². The number of amides is 1. The predicted octanol–water partition coefficient (Wildman–Crippen LogP) is 3.98. The highest BCUT2D eigenvalue weighted by molar-refractivity contribution is 6.04. The van der Waals surface area contributed by atoms with Gasteiger partial charge in [-0.3, -0.25) is 4.79 Å². The molecule has 0 spiro atoms. The lowest BCUT2D eigenvalue weighted by atomic mass is 10.2. The lowest BCUT2D eigenvalue weighted by Gasteiger charge is -2.16. The van der Waals surface area contributed by atoms with E-state index in [0.29, 0.717) is 35.3 Å². The van der Waals surface area contributed by atoms with Gasteiger partial charge in [-0.05, 0) is 49.1 Å². The molecule has 1 aromatic heterocycles. The van der Waals surface area contributed by atoms with Crippen molar-refractivity contribution < 1.29 is 14.3 Å². The monoisotopic (exact) mass is 369 g/mol. The second kappa shape index (κ2) is 8.75. The summed E-state index contributed by atoms with van der Waals surface area (Å²) >= 11 is 0. The van der Waals surface area contributed by atoms with Gasteiger partial charge in [-0.15, -0.1) is 0 Å². The van der Waals surface area contributed by atoms with E-state index in [2.05, 4.69) is 29.0 Å². The molecule has 0 bridgehead atoms. The number of benzene rings is 1. The van der Waals surface area contributed by atoms with Crippen LogP contribution in [0, 0.1) is 5.92 Å². The zero-order valence-electron chi connectivity index (χ0n) is 16.2. The number of hydrogen-bond acceptors (Lipinski definition) is 5. The molecule has 27 heavy (non-hydrogen) atoms. The molecule has 2 heterocycles. The summed E-state index contributed by atoms with van der Waals surface area (Å²) in [5.41, 5.74) is 1.18. The lowest BCUT2D eigenvalue weighted by molar-refractivity contribution is 0.102. The first-order chi connectivity index (χ1) is 13.1. The molecule has 1 N–H and O–H groups in total. The summed E-state index contributed by atoms with van der Waals surface area (Å²) in [5.74, 6) is 2.34. The van der Waals surface area contributed by atoms with E-state index in [1.165, 1.54) is 12.8 Å². The average molecular weight is 369 g/mol. The van der Waals surface area contributed by atoms with E-state index < -0.39 is 0 Å². The summed E-state index contributed by atoms with van der Waals surface area (Å²) in [5, 5.41) is 2.88. The number of pyridine rings is 1. The maximum atomic E-state index is 12.6. The number of hydrogen-bond donors (Lipinski definition) is 1. The van der Waals surface area contributed by atoms with Gasteiger partial charge in [0.15, 0.2) is 11.5 Å². The van der Waals surface area contributed by atoms with Crippen LogP contribution in [0.2, 0.25) is 0 Å². The minimum Gasteiger partial charge on any atom is -0.493 e. The first-order valence-electron chi connectivity index (χ1n) is 9.40. The van der Waals surface area contributed by atoms with Crippen molar-refractivity contribution >= 4 is 17.4 Å². The van der Waals surface area contributed by atoms with E-state index in [1.807, 2.05) is 12.1 Å². The highest BCUT2D eigenvalue weighted by atomic mass is 16.5. The second-order valence-corrected chi connectivity index (χ2v) is 7.12. The molecule has 6 heteroatoms. The highest BCUT2D eigenvalue weighted by Crippen LogP contribution is 2.29. The fourth-order valence-electron chi connectivity index (χ4n) is 2.98. The molecular formula is C21H27N3O3.